The van der Waals surface area contributed by atoms with Gasteiger partial charge in [0, 0.05) is 24.4 Å². The summed E-state index contributed by atoms with van der Waals surface area (Å²) < 4.78 is 0. The topological polar surface area (TPSA) is 81.7 Å². The Morgan fingerprint density at radius 1 is 1.43 bits per heavy atom. The first-order valence-corrected chi connectivity index (χ1v) is 6.80. The molecule has 6 heteroatoms. The molecule has 0 aliphatic carbocycles. The molecule has 3 N–H and O–H groups in total. The summed E-state index contributed by atoms with van der Waals surface area (Å²) in [5.41, 5.74) is 1.35. The van der Waals surface area contributed by atoms with E-state index in [-0.39, 0.29) is 12.1 Å². The van der Waals surface area contributed by atoms with Crippen molar-refractivity contribution in [2.75, 3.05) is 25.5 Å². The van der Waals surface area contributed by atoms with Gasteiger partial charge in [0.2, 0.25) is 0 Å². The number of amides is 2. The van der Waals surface area contributed by atoms with Crippen LogP contribution in [0, 0.1) is 0 Å². The predicted octanol–water partition coefficient (Wildman–Crippen LogP) is 1.61. The van der Waals surface area contributed by atoms with Crippen molar-refractivity contribution in [3.8, 4) is 0 Å². The molecule has 0 radical (unpaired) electrons. The van der Waals surface area contributed by atoms with Gasteiger partial charge in [-0.2, -0.15) is 0 Å². The van der Waals surface area contributed by atoms with Crippen LogP contribution in [0.15, 0.2) is 30.3 Å². The predicted molar refractivity (Wildman–Crippen MR) is 81.2 cm³/mol. The van der Waals surface area contributed by atoms with Crippen molar-refractivity contribution in [3.63, 3.8) is 0 Å². The van der Waals surface area contributed by atoms with Gasteiger partial charge in [-0.25, -0.2) is 9.59 Å². The second kappa shape index (κ2) is 6.90. The number of carboxylic acid groups (broad SMARTS) is 1. The number of benzene rings is 1. The Labute approximate surface area is 123 Å². The second-order valence-corrected chi connectivity index (χ2v) is 5.14. The number of nitrogens with zero attached hydrogens (tertiary/aromatic N) is 1. The molecule has 1 atom stereocenters. The highest BCUT2D eigenvalue weighted by molar-refractivity contribution is 5.90. The molecule has 1 aromatic rings. The number of carboxylic acids is 1. The summed E-state index contributed by atoms with van der Waals surface area (Å²) in [5, 5.41) is 14.3. The van der Waals surface area contributed by atoms with Crippen LogP contribution in [0.2, 0.25) is 0 Å². The van der Waals surface area contributed by atoms with Crippen LogP contribution in [-0.2, 0) is 4.79 Å². The lowest BCUT2D eigenvalue weighted by molar-refractivity contribution is -0.131. The number of hydrogen-bond acceptors (Lipinski definition) is 3. The Bertz CT molecular complexity index is 557. The third-order valence-electron chi connectivity index (χ3n) is 3.29. The molecule has 0 bridgehead atoms. The fourth-order valence-electron chi connectivity index (χ4n) is 2.29. The Morgan fingerprint density at radius 2 is 2.24 bits per heavy atom. The molecule has 2 amide bonds. The summed E-state index contributed by atoms with van der Waals surface area (Å²) in [5.74, 6) is -1.00. The van der Waals surface area contributed by atoms with E-state index in [1.165, 1.54) is 6.08 Å². The first-order valence-electron chi connectivity index (χ1n) is 6.80. The molecule has 2 rings (SSSR count). The lowest BCUT2D eigenvalue weighted by atomic mass is 10.2. The van der Waals surface area contributed by atoms with Crippen LogP contribution in [0.25, 0.3) is 6.08 Å². The van der Waals surface area contributed by atoms with Gasteiger partial charge in [-0.15, -0.1) is 0 Å². The van der Waals surface area contributed by atoms with E-state index >= 15 is 0 Å². The molecule has 21 heavy (non-hydrogen) atoms. The van der Waals surface area contributed by atoms with Crippen molar-refractivity contribution in [3.05, 3.63) is 35.9 Å². The Morgan fingerprint density at radius 3 is 2.90 bits per heavy atom. The zero-order valence-electron chi connectivity index (χ0n) is 11.9. The van der Waals surface area contributed by atoms with E-state index in [9.17, 15) is 9.59 Å². The minimum atomic E-state index is -1.00. The van der Waals surface area contributed by atoms with Crippen molar-refractivity contribution >= 4 is 23.8 Å². The number of carbonyl (C=O) groups is 2. The first kappa shape index (κ1) is 15.1. The van der Waals surface area contributed by atoms with Crippen molar-refractivity contribution in [2.24, 2.45) is 0 Å². The van der Waals surface area contributed by atoms with Gasteiger partial charge >= 0.3 is 12.0 Å². The largest absolute Gasteiger partial charge is 0.478 e. The van der Waals surface area contributed by atoms with E-state index < -0.39 is 5.97 Å². The Balaban J connectivity index is 1.91. The zero-order valence-corrected chi connectivity index (χ0v) is 11.9. The quantitative estimate of drug-likeness (QED) is 0.736. The number of hydrogen-bond donors (Lipinski definition) is 3. The molecule has 0 aromatic heterocycles. The fourth-order valence-corrected chi connectivity index (χ4v) is 2.29. The lowest BCUT2D eigenvalue weighted by Crippen LogP contribution is -2.39. The maximum atomic E-state index is 11.9. The van der Waals surface area contributed by atoms with Crippen LogP contribution >= 0.6 is 0 Å². The molecule has 1 aliphatic rings. The standard InChI is InChI=1S/C15H19N3O3/c1-18-8-7-13(10-18)17-15(21)16-12-4-2-3-11(9-12)5-6-14(19)20/h2-6,9,13H,7-8,10H2,1H3,(H,19,20)(H2,16,17,21)/b6-5+. The van der Waals surface area contributed by atoms with Gasteiger partial charge in [0.25, 0.3) is 0 Å². The van der Waals surface area contributed by atoms with Crippen LogP contribution in [-0.4, -0.2) is 48.2 Å². The summed E-state index contributed by atoms with van der Waals surface area (Å²) in [6.45, 7) is 1.84. The van der Waals surface area contributed by atoms with E-state index in [1.807, 2.05) is 7.05 Å². The van der Waals surface area contributed by atoms with Crippen LogP contribution in [0.1, 0.15) is 12.0 Å². The molecule has 1 heterocycles. The van der Waals surface area contributed by atoms with E-state index in [0.717, 1.165) is 31.1 Å². The molecule has 1 saturated heterocycles. The summed E-state index contributed by atoms with van der Waals surface area (Å²) in [6.07, 6.45) is 3.50. The minimum Gasteiger partial charge on any atom is -0.478 e. The normalized spacial score (nSPS) is 18.8. The van der Waals surface area contributed by atoms with Crippen LogP contribution < -0.4 is 10.6 Å². The number of urea groups is 1. The highest BCUT2D eigenvalue weighted by Crippen LogP contribution is 2.12. The third-order valence-corrected chi connectivity index (χ3v) is 3.29. The number of rotatable bonds is 4. The van der Waals surface area contributed by atoms with Crippen molar-refractivity contribution < 1.29 is 14.7 Å². The first-order chi connectivity index (χ1) is 10.0. The molecule has 1 aliphatic heterocycles. The van der Waals surface area contributed by atoms with Crippen LogP contribution in [0.5, 0.6) is 0 Å². The molecule has 112 valence electrons. The van der Waals surface area contributed by atoms with Gasteiger partial charge in [0.15, 0.2) is 0 Å². The fraction of sp³-hybridized carbons (Fsp3) is 0.333. The Hall–Kier alpha value is -2.34. The smallest absolute Gasteiger partial charge is 0.328 e. The number of carbonyl (C=O) groups excluding carboxylic acids is 1. The molecule has 1 fully saturated rings. The van der Waals surface area contributed by atoms with Crippen molar-refractivity contribution in [1.82, 2.24) is 10.2 Å². The average molecular weight is 289 g/mol. The van der Waals surface area contributed by atoms with Crippen molar-refractivity contribution in [1.29, 1.82) is 0 Å². The highest BCUT2D eigenvalue weighted by atomic mass is 16.4. The monoisotopic (exact) mass is 289 g/mol. The van der Waals surface area contributed by atoms with E-state index in [0.29, 0.717) is 5.69 Å². The van der Waals surface area contributed by atoms with Gasteiger partial charge < -0.3 is 20.6 Å². The molecule has 1 aromatic carbocycles. The number of nitrogens with one attached hydrogen (secondary N) is 2. The average Bonchev–Trinajstić information content (AvgIpc) is 2.82. The lowest BCUT2D eigenvalue weighted by Gasteiger charge is -2.14. The highest BCUT2D eigenvalue weighted by Gasteiger charge is 2.20. The van der Waals surface area contributed by atoms with Crippen LogP contribution in [0.3, 0.4) is 0 Å². The maximum Gasteiger partial charge on any atom is 0.328 e. The number of anilines is 1. The van der Waals surface area contributed by atoms with Gasteiger partial charge in [-0.1, -0.05) is 12.1 Å². The number of likely N-dealkylation sites (N-methyl/N-ethyl adjacent to an activating group) is 1. The van der Waals surface area contributed by atoms with E-state index in [1.54, 1.807) is 24.3 Å². The molecule has 1 unspecified atom stereocenters. The summed E-state index contributed by atoms with van der Waals surface area (Å²) in [6, 6.07) is 6.95. The van der Waals surface area contributed by atoms with Gasteiger partial charge in [-0.05, 0) is 43.8 Å². The van der Waals surface area contributed by atoms with Gasteiger partial charge in [-0.3, -0.25) is 0 Å². The van der Waals surface area contributed by atoms with Crippen LogP contribution in [0.4, 0.5) is 10.5 Å². The van der Waals surface area contributed by atoms with Gasteiger partial charge in [0.05, 0.1) is 0 Å². The molecule has 0 saturated carbocycles. The second-order valence-electron chi connectivity index (χ2n) is 5.14. The van der Waals surface area contributed by atoms with Crippen molar-refractivity contribution in [2.45, 2.75) is 12.5 Å². The minimum absolute atomic E-state index is 0.171. The third kappa shape index (κ3) is 4.92. The summed E-state index contributed by atoms with van der Waals surface area (Å²) in [7, 11) is 2.03. The molecule has 0 spiro atoms. The number of aliphatic carboxylic acids is 1. The van der Waals surface area contributed by atoms with E-state index in [4.69, 9.17) is 5.11 Å². The SMILES string of the molecule is CN1CCC(NC(=O)Nc2cccc(/C=C/C(=O)O)c2)C1. The summed E-state index contributed by atoms with van der Waals surface area (Å²) in [4.78, 5) is 24.6. The summed E-state index contributed by atoms with van der Waals surface area (Å²) >= 11 is 0. The maximum absolute atomic E-state index is 11.9. The van der Waals surface area contributed by atoms with Gasteiger partial charge in [0.1, 0.15) is 0 Å². The Kier molecular flexibility index (Phi) is 4.94. The molecule has 6 nitrogen and oxygen atoms in total. The molecular formula is C15H19N3O3. The van der Waals surface area contributed by atoms with E-state index in [2.05, 4.69) is 15.5 Å². The molecular weight excluding hydrogens is 270 g/mol. The number of likely N-dealkylation sites (tertiary alicyclic amines) is 1. The zero-order chi connectivity index (χ0) is 15.2.